The highest BCUT2D eigenvalue weighted by atomic mass is 79.9. The zero-order chi connectivity index (χ0) is 14.4. The zero-order valence-corrected chi connectivity index (χ0v) is 13.3. The number of anilines is 2. The Bertz CT molecular complexity index is 425. The molecule has 2 rings (SSSR count). The first kappa shape index (κ1) is 15.5. The lowest BCUT2D eigenvalue weighted by Gasteiger charge is -2.33. The van der Waals surface area contributed by atoms with Crippen molar-refractivity contribution in [2.24, 2.45) is 0 Å². The number of nitrogens with zero attached hydrogens (tertiary/aromatic N) is 3. The number of aliphatic hydroxyl groups excluding tert-OH is 1. The third kappa shape index (κ3) is 4.04. The van der Waals surface area contributed by atoms with Gasteiger partial charge >= 0.3 is 0 Å². The number of nitrogens with one attached hydrogen (secondary N) is 1. The summed E-state index contributed by atoms with van der Waals surface area (Å²) in [6.45, 7) is 5.14. The van der Waals surface area contributed by atoms with Gasteiger partial charge in [-0.1, -0.05) is 0 Å². The van der Waals surface area contributed by atoms with Gasteiger partial charge in [-0.25, -0.2) is 4.98 Å². The van der Waals surface area contributed by atoms with Crippen LogP contribution in [0.1, 0.15) is 19.8 Å². The molecule has 2 heterocycles. The lowest BCUT2D eigenvalue weighted by Crippen LogP contribution is -2.38. The third-order valence-corrected chi connectivity index (χ3v) is 3.81. The Morgan fingerprint density at radius 1 is 1.50 bits per heavy atom. The maximum Gasteiger partial charge on any atom is 0.224 e. The van der Waals surface area contributed by atoms with Crippen LogP contribution in [0, 0.1) is 0 Å². The maximum absolute atomic E-state index is 8.78. The normalized spacial score (nSPS) is 16.4. The SMILES string of the molecule is CCNc1ncc(Br)c(N2CCC(OCCO)CC2)n1. The Morgan fingerprint density at radius 3 is 2.90 bits per heavy atom. The summed E-state index contributed by atoms with van der Waals surface area (Å²) in [5.41, 5.74) is 0. The second-order valence-electron chi connectivity index (χ2n) is 4.68. The second-order valence-corrected chi connectivity index (χ2v) is 5.53. The topological polar surface area (TPSA) is 70.5 Å². The van der Waals surface area contributed by atoms with E-state index in [2.05, 4.69) is 36.1 Å². The van der Waals surface area contributed by atoms with E-state index in [0.717, 1.165) is 42.8 Å². The van der Waals surface area contributed by atoms with Crippen molar-refractivity contribution < 1.29 is 9.84 Å². The fourth-order valence-electron chi connectivity index (χ4n) is 2.28. The molecule has 0 aliphatic carbocycles. The van der Waals surface area contributed by atoms with Crippen LogP contribution >= 0.6 is 15.9 Å². The number of halogens is 1. The number of aromatic nitrogens is 2. The summed E-state index contributed by atoms with van der Waals surface area (Å²) in [4.78, 5) is 11.0. The lowest BCUT2D eigenvalue weighted by atomic mass is 10.1. The number of piperidine rings is 1. The summed E-state index contributed by atoms with van der Waals surface area (Å²) in [7, 11) is 0. The van der Waals surface area contributed by atoms with Crippen molar-refractivity contribution >= 4 is 27.7 Å². The van der Waals surface area contributed by atoms with Crippen LogP contribution in [0.5, 0.6) is 0 Å². The van der Waals surface area contributed by atoms with Gasteiger partial charge in [-0.3, -0.25) is 0 Å². The minimum atomic E-state index is 0.0870. The molecule has 0 unspecified atom stereocenters. The van der Waals surface area contributed by atoms with Crippen LogP contribution in [-0.2, 0) is 4.74 Å². The van der Waals surface area contributed by atoms with Gasteiger partial charge in [0.1, 0.15) is 5.82 Å². The molecule has 1 aromatic rings. The molecule has 0 amide bonds. The van der Waals surface area contributed by atoms with Gasteiger partial charge in [-0.2, -0.15) is 4.98 Å². The van der Waals surface area contributed by atoms with Crippen molar-refractivity contribution in [2.75, 3.05) is 43.1 Å². The number of rotatable bonds is 6. The van der Waals surface area contributed by atoms with E-state index in [0.29, 0.717) is 12.6 Å². The third-order valence-electron chi connectivity index (χ3n) is 3.25. The van der Waals surface area contributed by atoms with Crippen LogP contribution < -0.4 is 10.2 Å². The first-order chi connectivity index (χ1) is 9.74. The van der Waals surface area contributed by atoms with Gasteiger partial charge in [0, 0.05) is 25.8 Å². The molecule has 1 saturated heterocycles. The molecule has 0 aromatic carbocycles. The summed E-state index contributed by atoms with van der Waals surface area (Å²) in [5, 5.41) is 11.9. The first-order valence-corrected chi connectivity index (χ1v) is 7.77. The summed E-state index contributed by atoms with van der Waals surface area (Å²) in [5.74, 6) is 1.58. The molecule has 1 fully saturated rings. The van der Waals surface area contributed by atoms with Crippen molar-refractivity contribution in [3.8, 4) is 0 Å². The minimum absolute atomic E-state index is 0.0870. The van der Waals surface area contributed by atoms with Gasteiger partial charge in [-0.15, -0.1) is 0 Å². The minimum Gasteiger partial charge on any atom is -0.394 e. The number of hydrogen-bond donors (Lipinski definition) is 2. The van der Waals surface area contributed by atoms with Gasteiger partial charge in [0.25, 0.3) is 0 Å². The van der Waals surface area contributed by atoms with Gasteiger partial charge in [0.15, 0.2) is 0 Å². The molecule has 6 nitrogen and oxygen atoms in total. The molecule has 2 N–H and O–H groups in total. The van der Waals surface area contributed by atoms with E-state index >= 15 is 0 Å². The molecule has 1 aromatic heterocycles. The van der Waals surface area contributed by atoms with Crippen molar-refractivity contribution in [1.29, 1.82) is 0 Å². The summed E-state index contributed by atoms with van der Waals surface area (Å²) < 4.78 is 6.49. The Labute approximate surface area is 127 Å². The average Bonchev–Trinajstić information content (AvgIpc) is 2.48. The van der Waals surface area contributed by atoms with Gasteiger partial charge < -0.3 is 20.1 Å². The maximum atomic E-state index is 8.78. The van der Waals surface area contributed by atoms with E-state index in [-0.39, 0.29) is 12.7 Å². The molecule has 112 valence electrons. The molecule has 1 aliphatic heterocycles. The predicted molar refractivity (Wildman–Crippen MR) is 82.2 cm³/mol. The average molecular weight is 345 g/mol. The molecule has 0 saturated carbocycles. The Morgan fingerprint density at radius 2 is 2.25 bits per heavy atom. The Balaban J connectivity index is 1.97. The summed E-state index contributed by atoms with van der Waals surface area (Å²) in [6.07, 6.45) is 3.93. The number of hydrogen-bond acceptors (Lipinski definition) is 6. The quantitative estimate of drug-likeness (QED) is 0.817. The zero-order valence-electron chi connectivity index (χ0n) is 11.7. The predicted octanol–water partition coefficient (Wildman–Crippen LogP) is 1.65. The van der Waals surface area contributed by atoms with E-state index < -0.39 is 0 Å². The van der Waals surface area contributed by atoms with E-state index in [1.165, 1.54) is 0 Å². The fourth-order valence-corrected chi connectivity index (χ4v) is 2.72. The van der Waals surface area contributed by atoms with Crippen molar-refractivity contribution in [1.82, 2.24) is 9.97 Å². The molecule has 0 bridgehead atoms. The first-order valence-electron chi connectivity index (χ1n) is 6.98. The Kier molecular flexibility index (Phi) is 6.00. The molecule has 20 heavy (non-hydrogen) atoms. The second kappa shape index (κ2) is 7.75. The summed E-state index contributed by atoms with van der Waals surface area (Å²) in [6, 6.07) is 0. The molecule has 0 spiro atoms. The standard InChI is InChI=1S/C13H21BrN4O2/c1-2-15-13-16-9-11(14)12(17-13)18-5-3-10(4-6-18)20-8-7-19/h9-10,19H,2-8H2,1H3,(H,15,16,17). The molecule has 1 aliphatic rings. The molecule has 0 atom stereocenters. The molecule has 0 radical (unpaired) electrons. The van der Waals surface area contributed by atoms with Crippen molar-refractivity contribution in [3.63, 3.8) is 0 Å². The van der Waals surface area contributed by atoms with Crippen molar-refractivity contribution in [2.45, 2.75) is 25.9 Å². The summed E-state index contributed by atoms with van der Waals surface area (Å²) >= 11 is 3.52. The molecule has 7 heteroatoms. The molecular formula is C13H21BrN4O2. The number of ether oxygens (including phenoxy) is 1. The van der Waals surface area contributed by atoms with Crippen LogP contribution in [0.25, 0.3) is 0 Å². The van der Waals surface area contributed by atoms with Crippen LogP contribution in [0.4, 0.5) is 11.8 Å². The van der Waals surface area contributed by atoms with Crippen molar-refractivity contribution in [3.05, 3.63) is 10.7 Å². The highest BCUT2D eigenvalue weighted by Gasteiger charge is 2.22. The van der Waals surface area contributed by atoms with Gasteiger partial charge in [-0.05, 0) is 35.7 Å². The van der Waals surface area contributed by atoms with Crippen LogP contribution in [0.15, 0.2) is 10.7 Å². The van der Waals surface area contributed by atoms with Gasteiger partial charge in [0.2, 0.25) is 5.95 Å². The highest BCUT2D eigenvalue weighted by Crippen LogP contribution is 2.27. The largest absolute Gasteiger partial charge is 0.394 e. The van der Waals surface area contributed by atoms with E-state index in [1.807, 2.05) is 6.92 Å². The highest BCUT2D eigenvalue weighted by molar-refractivity contribution is 9.10. The van der Waals surface area contributed by atoms with Crippen LogP contribution in [0.2, 0.25) is 0 Å². The van der Waals surface area contributed by atoms with E-state index in [1.54, 1.807) is 6.20 Å². The van der Waals surface area contributed by atoms with Crippen LogP contribution in [-0.4, -0.2) is 54.0 Å². The Hall–Kier alpha value is -0.920. The van der Waals surface area contributed by atoms with E-state index in [9.17, 15) is 0 Å². The molecular weight excluding hydrogens is 324 g/mol. The number of aliphatic hydroxyl groups is 1. The monoisotopic (exact) mass is 344 g/mol. The lowest BCUT2D eigenvalue weighted by molar-refractivity contribution is 0.0158. The van der Waals surface area contributed by atoms with Gasteiger partial charge in [0.05, 0.1) is 23.8 Å². The van der Waals surface area contributed by atoms with E-state index in [4.69, 9.17) is 9.84 Å². The smallest absolute Gasteiger partial charge is 0.224 e. The van der Waals surface area contributed by atoms with Crippen LogP contribution in [0.3, 0.4) is 0 Å². The fraction of sp³-hybridized carbons (Fsp3) is 0.692.